The van der Waals surface area contributed by atoms with Gasteiger partial charge in [0.15, 0.2) is 5.58 Å². The normalized spacial score (nSPS) is 16.7. The summed E-state index contributed by atoms with van der Waals surface area (Å²) in [5.74, 6) is -0.250. The van der Waals surface area contributed by atoms with Crippen LogP contribution in [0.4, 0.5) is 0 Å². The van der Waals surface area contributed by atoms with E-state index in [0.717, 1.165) is 6.42 Å². The number of nitrogens with zero attached hydrogens (tertiary/aromatic N) is 1. The van der Waals surface area contributed by atoms with Crippen molar-refractivity contribution in [2.45, 2.75) is 12.3 Å². The Balaban J connectivity index is 1.84. The van der Waals surface area contributed by atoms with Crippen LogP contribution in [0, 0.1) is 0 Å². The van der Waals surface area contributed by atoms with Crippen LogP contribution < -0.4 is 0 Å². The minimum Gasteiger partial charge on any atom is -0.478 e. The number of rotatable bonds is 2. The standard InChI is InChI=1S/C16H11NO3/c18-16(19)11-6-3-7-13-14(11)20-15(17-13)12-8-9-4-1-2-5-10(9)12/h1-7,12H,8H2,(H,18,19). The van der Waals surface area contributed by atoms with Gasteiger partial charge in [-0.2, -0.15) is 0 Å². The van der Waals surface area contributed by atoms with Gasteiger partial charge in [-0.05, 0) is 29.7 Å². The molecule has 3 aromatic rings. The van der Waals surface area contributed by atoms with Gasteiger partial charge in [0.25, 0.3) is 0 Å². The molecular formula is C16H11NO3. The Morgan fingerprint density at radius 1 is 1.20 bits per heavy atom. The lowest BCUT2D eigenvalue weighted by Crippen LogP contribution is -2.18. The first kappa shape index (κ1) is 11.2. The molecular weight excluding hydrogens is 254 g/mol. The summed E-state index contributed by atoms with van der Waals surface area (Å²) >= 11 is 0. The van der Waals surface area contributed by atoms with Crippen LogP contribution in [0.3, 0.4) is 0 Å². The number of aromatic carboxylic acids is 1. The van der Waals surface area contributed by atoms with E-state index in [1.165, 1.54) is 17.2 Å². The molecule has 0 saturated carbocycles. The van der Waals surface area contributed by atoms with Crippen LogP contribution in [0.5, 0.6) is 0 Å². The third-order valence-electron chi connectivity index (χ3n) is 3.81. The maximum atomic E-state index is 11.2. The van der Waals surface area contributed by atoms with Crippen molar-refractivity contribution in [3.8, 4) is 0 Å². The van der Waals surface area contributed by atoms with E-state index in [2.05, 4.69) is 17.1 Å². The van der Waals surface area contributed by atoms with Gasteiger partial charge >= 0.3 is 5.97 Å². The van der Waals surface area contributed by atoms with Crippen molar-refractivity contribution in [2.24, 2.45) is 0 Å². The lowest BCUT2D eigenvalue weighted by molar-refractivity contribution is 0.0698. The van der Waals surface area contributed by atoms with Crippen molar-refractivity contribution < 1.29 is 14.3 Å². The van der Waals surface area contributed by atoms with Gasteiger partial charge in [-0.25, -0.2) is 9.78 Å². The van der Waals surface area contributed by atoms with Crippen LogP contribution in [0.1, 0.15) is 33.3 Å². The maximum absolute atomic E-state index is 11.2. The van der Waals surface area contributed by atoms with Crippen molar-refractivity contribution in [3.05, 3.63) is 65.0 Å². The lowest BCUT2D eigenvalue weighted by Gasteiger charge is -2.27. The average Bonchev–Trinajstić information content (AvgIpc) is 2.82. The molecule has 1 aliphatic rings. The molecule has 2 aromatic carbocycles. The first-order valence-electron chi connectivity index (χ1n) is 6.44. The van der Waals surface area contributed by atoms with Gasteiger partial charge in [0.05, 0.1) is 5.92 Å². The number of benzene rings is 2. The van der Waals surface area contributed by atoms with E-state index in [4.69, 9.17) is 4.42 Å². The number of aromatic nitrogens is 1. The number of oxazole rings is 1. The molecule has 1 N–H and O–H groups in total. The van der Waals surface area contributed by atoms with E-state index in [0.29, 0.717) is 17.0 Å². The highest BCUT2D eigenvalue weighted by molar-refractivity contribution is 5.99. The zero-order valence-corrected chi connectivity index (χ0v) is 10.5. The summed E-state index contributed by atoms with van der Waals surface area (Å²) in [6, 6.07) is 13.2. The number of hydrogen-bond donors (Lipinski definition) is 1. The zero-order chi connectivity index (χ0) is 13.7. The van der Waals surface area contributed by atoms with E-state index in [1.807, 2.05) is 12.1 Å². The van der Waals surface area contributed by atoms with Crippen LogP contribution in [0.15, 0.2) is 46.9 Å². The van der Waals surface area contributed by atoms with E-state index < -0.39 is 5.97 Å². The zero-order valence-electron chi connectivity index (χ0n) is 10.5. The quantitative estimate of drug-likeness (QED) is 0.772. The third kappa shape index (κ3) is 1.48. The van der Waals surface area contributed by atoms with Crippen molar-refractivity contribution in [1.82, 2.24) is 4.98 Å². The number of para-hydroxylation sites is 1. The number of fused-ring (bicyclic) bond motifs is 2. The average molecular weight is 265 g/mol. The van der Waals surface area contributed by atoms with Gasteiger partial charge in [0.2, 0.25) is 5.89 Å². The fraction of sp³-hybridized carbons (Fsp3) is 0.125. The third-order valence-corrected chi connectivity index (χ3v) is 3.81. The number of carbonyl (C=O) groups is 1. The Labute approximate surface area is 114 Å². The predicted octanol–water partition coefficient (Wildman–Crippen LogP) is 3.21. The molecule has 4 heteroatoms. The molecule has 4 rings (SSSR count). The fourth-order valence-electron chi connectivity index (χ4n) is 2.76. The van der Waals surface area contributed by atoms with E-state index in [1.54, 1.807) is 12.1 Å². The molecule has 0 radical (unpaired) electrons. The number of hydrogen-bond acceptors (Lipinski definition) is 3. The highest BCUT2D eigenvalue weighted by Crippen LogP contribution is 2.40. The predicted molar refractivity (Wildman–Crippen MR) is 73.0 cm³/mol. The molecule has 98 valence electrons. The summed E-state index contributed by atoms with van der Waals surface area (Å²) in [4.78, 5) is 15.6. The first-order chi connectivity index (χ1) is 9.74. The van der Waals surface area contributed by atoms with Crippen LogP contribution in [0.25, 0.3) is 11.1 Å². The second kappa shape index (κ2) is 3.93. The van der Waals surface area contributed by atoms with Gasteiger partial charge in [0.1, 0.15) is 11.1 Å². The molecule has 4 nitrogen and oxygen atoms in total. The summed E-state index contributed by atoms with van der Waals surface area (Å²) in [6.45, 7) is 0. The SMILES string of the molecule is O=C(O)c1cccc2nc(C3Cc4ccccc43)oc12. The molecule has 1 aromatic heterocycles. The molecule has 20 heavy (non-hydrogen) atoms. The summed E-state index contributed by atoms with van der Waals surface area (Å²) in [7, 11) is 0. The molecule has 0 spiro atoms. The van der Waals surface area contributed by atoms with Crippen LogP contribution in [-0.2, 0) is 6.42 Å². The summed E-state index contributed by atoms with van der Waals surface area (Å²) in [5.41, 5.74) is 3.65. The Hall–Kier alpha value is -2.62. The minimum absolute atomic E-state index is 0.139. The number of carboxylic acids is 1. The molecule has 0 amide bonds. The smallest absolute Gasteiger partial charge is 0.339 e. The Kier molecular flexibility index (Phi) is 2.21. The molecule has 1 unspecified atom stereocenters. The summed E-state index contributed by atoms with van der Waals surface area (Å²) in [6.07, 6.45) is 0.894. The lowest BCUT2D eigenvalue weighted by atomic mass is 9.77. The van der Waals surface area contributed by atoms with Gasteiger partial charge in [-0.1, -0.05) is 30.3 Å². The van der Waals surface area contributed by atoms with E-state index in [9.17, 15) is 9.90 Å². The first-order valence-corrected chi connectivity index (χ1v) is 6.44. The second-order valence-corrected chi connectivity index (χ2v) is 4.97. The summed E-state index contributed by atoms with van der Waals surface area (Å²) in [5, 5.41) is 9.17. The Morgan fingerprint density at radius 3 is 2.85 bits per heavy atom. The molecule has 0 aliphatic heterocycles. The van der Waals surface area contributed by atoms with Crippen molar-refractivity contribution >= 4 is 17.1 Å². The van der Waals surface area contributed by atoms with Crippen molar-refractivity contribution in [1.29, 1.82) is 0 Å². The molecule has 0 saturated heterocycles. The number of carboxylic acid groups (broad SMARTS) is 1. The van der Waals surface area contributed by atoms with Crippen LogP contribution in [0.2, 0.25) is 0 Å². The maximum Gasteiger partial charge on any atom is 0.339 e. The summed E-state index contributed by atoms with van der Waals surface area (Å²) < 4.78 is 5.73. The van der Waals surface area contributed by atoms with E-state index >= 15 is 0 Å². The van der Waals surface area contributed by atoms with E-state index in [-0.39, 0.29) is 11.5 Å². The monoisotopic (exact) mass is 265 g/mol. The molecule has 1 atom stereocenters. The van der Waals surface area contributed by atoms with Gasteiger partial charge < -0.3 is 9.52 Å². The molecule has 0 fully saturated rings. The molecule has 0 bridgehead atoms. The molecule has 1 heterocycles. The highest BCUT2D eigenvalue weighted by atomic mass is 16.4. The van der Waals surface area contributed by atoms with Crippen molar-refractivity contribution in [2.75, 3.05) is 0 Å². The Bertz CT molecular complexity index is 835. The second-order valence-electron chi connectivity index (χ2n) is 4.97. The largest absolute Gasteiger partial charge is 0.478 e. The van der Waals surface area contributed by atoms with Crippen molar-refractivity contribution in [3.63, 3.8) is 0 Å². The fourth-order valence-corrected chi connectivity index (χ4v) is 2.76. The topological polar surface area (TPSA) is 63.3 Å². The highest BCUT2D eigenvalue weighted by Gasteiger charge is 2.31. The minimum atomic E-state index is -0.993. The van der Waals surface area contributed by atoms with Crippen LogP contribution in [-0.4, -0.2) is 16.1 Å². The molecule has 1 aliphatic carbocycles. The Morgan fingerprint density at radius 2 is 2.05 bits per heavy atom. The van der Waals surface area contributed by atoms with Gasteiger partial charge in [-0.3, -0.25) is 0 Å². The van der Waals surface area contributed by atoms with Gasteiger partial charge in [0, 0.05) is 0 Å². The van der Waals surface area contributed by atoms with Gasteiger partial charge in [-0.15, -0.1) is 0 Å². The van der Waals surface area contributed by atoms with Crippen LogP contribution >= 0.6 is 0 Å².